The van der Waals surface area contributed by atoms with Crippen molar-refractivity contribution in [2.75, 3.05) is 5.32 Å². The Morgan fingerprint density at radius 1 is 1.14 bits per heavy atom. The molecule has 1 N–H and O–H groups in total. The summed E-state index contributed by atoms with van der Waals surface area (Å²) < 4.78 is 5.57. The SMILES string of the molecule is CC(C)Oc1cccc(C(=O)Nc2ccc(Cl)cc2Cl)c1. The Bertz CT molecular complexity index is 656. The Balaban J connectivity index is 2.16. The lowest BCUT2D eigenvalue weighted by Crippen LogP contribution is -2.13. The maximum atomic E-state index is 12.2. The molecule has 3 nitrogen and oxygen atoms in total. The number of carbonyl (C=O) groups is 1. The van der Waals surface area contributed by atoms with E-state index in [4.69, 9.17) is 27.9 Å². The van der Waals surface area contributed by atoms with Crippen LogP contribution in [0, 0.1) is 0 Å². The second-order valence-corrected chi connectivity index (χ2v) is 5.62. The summed E-state index contributed by atoms with van der Waals surface area (Å²) in [6.45, 7) is 3.86. The van der Waals surface area contributed by atoms with Crippen molar-refractivity contribution in [3.8, 4) is 5.75 Å². The van der Waals surface area contributed by atoms with Gasteiger partial charge in [-0.3, -0.25) is 4.79 Å². The van der Waals surface area contributed by atoms with E-state index >= 15 is 0 Å². The number of benzene rings is 2. The van der Waals surface area contributed by atoms with Gasteiger partial charge in [0.1, 0.15) is 5.75 Å². The second-order valence-electron chi connectivity index (χ2n) is 4.77. The van der Waals surface area contributed by atoms with Gasteiger partial charge in [-0.05, 0) is 50.2 Å². The minimum atomic E-state index is -0.256. The summed E-state index contributed by atoms with van der Waals surface area (Å²) in [5.74, 6) is 0.397. The van der Waals surface area contributed by atoms with Crippen LogP contribution in [-0.4, -0.2) is 12.0 Å². The van der Waals surface area contributed by atoms with Crippen molar-refractivity contribution in [2.24, 2.45) is 0 Å². The van der Waals surface area contributed by atoms with E-state index in [2.05, 4.69) is 5.32 Å². The third-order valence-electron chi connectivity index (χ3n) is 2.65. The number of carbonyl (C=O) groups excluding carboxylic acids is 1. The molecule has 0 saturated heterocycles. The molecule has 1 amide bonds. The van der Waals surface area contributed by atoms with Crippen LogP contribution in [0.15, 0.2) is 42.5 Å². The predicted octanol–water partition coefficient (Wildman–Crippen LogP) is 5.03. The van der Waals surface area contributed by atoms with E-state index in [1.165, 1.54) is 0 Å². The van der Waals surface area contributed by atoms with Gasteiger partial charge in [-0.15, -0.1) is 0 Å². The molecule has 0 saturated carbocycles. The molecule has 0 aromatic heterocycles. The number of rotatable bonds is 4. The fourth-order valence-corrected chi connectivity index (χ4v) is 2.22. The molecule has 2 aromatic carbocycles. The minimum absolute atomic E-state index is 0.0500. The van der Waals surface area contributed by atoms with Crippen LogP contribution in [0.4, 0.5) is 5.69 Å². The number of hydrogen-bond acceptors (Lipinski definition) is 2. The quantitative estimate of drug-likeness (QED) is 0.856. The third kappa shape index (κ3) is 4.38. The average Bonchev–Trinajstić information content (AvgIpc) is 2.41. The summed E-state index contributed by atoms with van der Waals surface area (Å²) in [5.41, 5.74) is 1.01. The number of ether oxygens (including phenoxy) is 1. The maximum Gasteiger partial charge on any atom is 0.255 e. The first-order valence-electron chi connectivity index (χ1n) is 6.49. The molecule has 0 unspecified atom stereocenters. The zero-order valence-corrected chi connectivity index (χ0v) is 13.2. The molecule has 0 bridgehead atoms. The highest BCUT2D eigenvalue weighted by Gasteiger charge is 2.10. The van der Waals surface area contributed by atoms with Crippen molar-refractivity contribution >= 4 is 34.8 Å². The Hall–Kier alpha value is -1.71. The summed E-state index contributed by atoms with van der Waals surface area (Å²) in [6.07, 6.45) is 0.0500. The van der Waals surface area contributed by atoms with Gasteiger partial charge in [0, 0.05) is 10.6 Å². The number of hydrogen-bond donors (Lipinski definition) is 1. The summed E-state index contributed by atoms with van der Waals surface area (Å²) in [4.78, 5) is 12.2. The molecule has 0 atom stereocenters. The highest BCUT2D eigenvalue weighted by Crippen LogP contribution is 2.26. The first kappa shape index (κ1) is 15.7. The molecule has 0 heterocycles. The van der Waals surface area contributed by atoms with Gasteiger partial charge in [0.05, 0.1) is 16.8 Å². The van der Waals surface area contributed by atoms with Crippen LogP contribution in [-0.2, 0) is 0 Å². The Kier molecular flexibility index (Phi) is 5.10. The molecule has 0 spiro atoms. The van der Waals surface area contributed by atoms with E-state index in [1.54, 1.807) is 36.4 Å². The van der Waals surface area contributed by atoms with Crippen molar-refractivity contribution in [3.05, 3.63) is 58.1 Å². The monoisotopic (exact) mass is 323 g/mol. The molecule has 2 rings (SSSR count). The van der Waals surface area contributed by atoms with Crippen LogP contribution < -0.4 is 10.1 Å². The van der Waals surface area contributed by atoms with Crippen LogP contribution in [0.3, 0.4) is 0 Å². The maximum absolute atomic E-state index is 12.2. The van der Waals surface area contributed by atoms with Crippen LogP contribution in [0.2, 0.25) is 10.0 Å². The molecule has 0 aliphatic rings. The first-order chi connectivity index (χ1) is 9.95. The van der Waals surface area contributed by atoms with Crippen LogP contribution >= 0.6 is 23.2 Å². The third-order valence-corrected chi connectivity index (χ3v) is 3.20. The molecule has 0 fully saturated rings. The number of anilines is 1. The first-order valence-corrected chi connectivity index (χ1v) is 7.24. The van der Waals surface area contributed by atoms with Gasteiger partial charge >= 0.3 is 0 Å². The fourth-order valence-electron chi connectivity index (χ4n) is 1.77. The van der Waals surface area contributed by atoms with Gasteiger partial charge in [0.2, 0.25) is 0 Å². The predicted molar refractivity (Wildman–Crippen MR) is 86.6 cm³/mol. The van der Waals surface area contributed by atoms with Crippen LogP contribution in [0.5, 0.6) is 5.75 Å². The van der Waals surface area contributed by atoms with Gasteiger partial charge in [-0.25, -0.2) is 0 Å². The van der Waals surface area contributed by atoms with Gasteiger partial charge < -0.3 is 10.1 Å². The topological polar surface area (TPSA) is 38.3 Å². The van der Waals surface area contributed by atoms with Crippen LogP contribution in [0.25, 0.3) is 0 Å². The molecular weight excluding hydrogens is 309 g/mol. The normalized spacial score (nSPS) is 10.5. The zero-order chi connectivity index (χ0) is 15.4. The lowest BCUT2D eigenvalue weighted by molar-refractivity contribution is 0.102. The van der Waals surface area contributed by atoms with E-state index in [9.17, 15) is 4.79 Å². The standard InChI is InChI=1S/C16H15Cl2NO2/c1-10(2)21-13-5-3-4-11(8-13)16(20)19-15-7-6-12(17)9-14(15)18/h3-10H,1-2H3,(H,19,20). The molecule has 110 valence electrons. The summed E-state index contributed by atoms with van der Waals surface area (Å²) >= 11 is 11.9. The lowest BCUT2D eigenvalue weighted by Gasteiger charge is -2.11. The zero-order valence-electron chi connectivity index (χ0n) is 11.7. The van der Waals surface area contributed by atoms with Gasteiger partial charge in [-0.1, -0.05) is 29.3 Å². The van der Waals surface area contributed by atoms with Crippen molar-refractivity contribution in [2.45, 2.75) is 20.0 Å². The Morgan fingerprint density at radius 3 is 2.57 bits per heavy atom. The number of halogens is 2. The molecule has 2 aromatic rings. The van der Waals surface area contributed by atoms with Gasteiger partial charge in [0.25, 0.3) is 5.91 Å². The largest absolute Gasteiger partial charge is 0.491 e. The Morgan fingerprint density at radius 2 is 1.90 bits per heavy atom. The van der Waals surface area contributed by atoms with Crippen molar-refractivity contribution in [1.29, 1.82) is 0 Å². The molecule has 0 aliphatic carbocycles. The van der Waals surface area contributed by atoms with E-state index in [-0.39, 0.29) is 12.0 Å². The molecular formula is C16H15Cl2NO2. The lowest BCUT2D eigenvalue weighted by atomic mass is 10.2. The van der Waals surface area contributed by atoms with Crippen molar-refractivity contribution in [1.82, 2.24) is 0 Å². The van der Waals surface area contributed by atoms with E-state index < -0.39 is 0 Å². The number of amides is 1. The van der Waals surface area contributed by atoms with E-state index in [1.807, 2.05) is 19.9 Å². The van der Waals surface area contributed by atoms with Crippen molar-refractivity contribution < 1.29 is 9.53 Å². The highest BCUT2D eigenvalue weighted by molar-refractivity contribution is 6.36. The molecule has 5 heteroatoms. The minimum Gasteiger partial charge on any atom is -0.491 e. The second kappa shape index (κ2) is 6.83. The smallest absolute Gasteiger partial charge is 0.255 e. The molecule has 0 aliphatic heterocycles. The highest BCUT2D eigenvalue weighted by atomic mass is 35.5. The van der Waals surface area contributed by atoms with Crippen molar-refractivity contribution in [3.63, 3.8) is 0 Å². The van der Waals surface area contributed by atoms with Gasteiger partial charge in [-0.2, -0.15) is 0 Å². The summed E-state index contributed by atoms with van der Waals surface area (Å²) in [6, 6.07) is 11.9. The fraction of sp³-hybridized carbons (Fsp3) is 0.188. The average molecular weight is 324 g/mol. The number of nitrogens with one attached hydrogen (secondary N) is 1. The van der Waals surface area contributed by atoms with E-state index in [0.717, 1.165) is 0 Å². The molecule has 21 heavy (non-hydrogen) atoms. The summed E-state index contributed by atoms with van der Waals surface area (Å²) in [5, 5.41) is 3.66. The van der Waals surface area contributed by atoms with Gasteiger partial charge in [0.15, 0.2) is 0 Å². The van der Waals surface area contributed by atoms with E-state index in [0.29, 0.717) is 27.0 Å². The summed E-state index contributed by atoms with van der Waals surface area (Å²) in [7, 11) is 0. The Labute approximate surface area is 133 Å². The van der Waals surface area contributed by atoms with Crippen LogP contribution in [0.1, 0.15) is 24.2 Å². The molecule has 0 radical (unpaired) electrons.